The Morgan fingerprint density at radius 1 is 0.268 bits per heavy atom. The number of esters is 4. The van der Waals surface area contributed by atoms with Gasteiger partial charge in [0.25, 0.3) is 0 Å². The van der Waals surface area contributed by atoms with Crippen LogP contribution in [0.5, 0.6) is 0 Å². The Balaban J connectivity index is 5.49. The van der Waals surface area contributed by atoms with Crippen LogP contribution >= 0.6 is 15.6 Å². The van der Waals surface area contributed by atoms with E-state index < -0.39 is 97.5 Å². The molecular formula is C93H152O17P2. The highest BCUT2D eigenvalue weighted by atomic mass is 31.2. The summed E-state index contributed by atoms with van der Waals surface area (Å²) in [6.45, 7) is 4.44. The van der Waals surface area contributed by atoms with E-state index in [1.54, 1.807) is 12.2 Å². The number of phosphoric ester groups is 2. The third kappa shape index (κ3) is 82.2. The summed E-state index contributed by atoms with van der Waals surface area (Å²) < 4.78 is 68.7. The van der Waals surface area contributed by atoms with E-state index in [1.807, 2.05) is 12.2 Å². The van der Waals surface area contributed by atoms with Crippen molar-refractivity contribution in [3.05, 3.63) is 182 Å². The first-order valence-corrected chi connectivity index (χ1v) is 46.0. The van der Waals surface area contributed by atoms with Crippen LogP contribution in [0.2, 0.25) is 0 Å². The Morgan fingerprint density at radius 3 is 0.795 bits per heavy atom. The fourth-order valence-electron chi connectivity index (χ4n) is 10.9. The van der Waals surface area contributed by atoms with Crippen LogP contribution in [0, 0.1) is 0 Å². The highest BCUT2D eigenvalue weighted by molar-refractivity contribution is 7.47. The molecule has 3 N–H and O–H groups in total. The Morgan fingerprint density at radius 2 is 0.500 bits per heavy atom. The molecule has 0 aliphatic carbocycles. The van der Waals surface area contributed by atoms with E-state index in [4.69, 9.17) is 37.0 Å². The second-order valence-electron chi connectivity index (χ2n) is 28.0. The quantitative estimate of drug-likeness (QED) is 0.0169. The normalized spacial score (nSPS) is 14.7. The predicted octanol–water partition coefficient (Wildman–Crippen LogP) is 25.9. The van der Waals surface area contributed by atoms with Gasteiger partial charge in [0.2, 0.25) is 0 Å². The lowest BCUT2D eigenvalue weighted by Gasteiger charge is -2.21. The molecule has 19 heteroatoms. The summed E-state index contributed by atoms with van der Waals surface area (Å²) in [6.07, 6.45) is 102. The van der Waals surface area contributed by atoms with Gasteiger partial charge in [0.1, 0.15) is 19.3 Å². The SMILES string of the molecule is CC/C=C\C/C=C\C/C=C\C/C=C\C/C=C\CC(=O)OC(COC(=O)CCCCCCCC/C=C\C/C=C\C/C=C\C/C=C\CC)COP(=O)(O)OCC(O)COP(=O)(O)OCC(COC(=O)CCCCCCCC/C=C\C/C=C\C/C=C\CCCCC)OC(=O)CCCCCCCC/C=C\C/C=C\C/C=C\CCCCC. The number of rotatable bonds is 79. The fourth-order valence-corrected chi connectivity index (χ4v) is 12.5. The van der Waals surface area contributed by atoms with Gasteiger partial charge in [-0.15, -0.1) is 0 Å². The van der Waals surface area contributed by atoms with Gasteiger partial charge in [-0.25, -0.2) is 9.13 Å². The van der Waals surface area contributed by atoms with Gasteiger partial charge in [-0.3, -0.25) is 37.3 Å². The summed E-state index contributed by atoms with van der Waals surface area (Å²) in [5.74, 6) is -2.37. The first kappa shape index (κ1) is 106. The second-order valence-corrected chi connectivity index (χ2v) is 30.9. The summed E-state index contributed by atoms with van der Waals surface area (Å²) >= 11 is 0. The molecule has 0 saturated carbocycles. The summed E-state index contributed by atoms with van der Waals surface area (Å²) in [4.78, 5) is 73.2. The van der Waals surface area contributed by atoms with Crippen LogP contribution in [-0.4, -0.2) is 96.7 Å². The van der Waals surface area contributed by atoms with Gasteiger partial charge in [0, 0.05) is 19.3 Å². The number of unbranched alkanes of at least 4 members (excludes halogenated alkanes) is 24. The van der Waals surface area contributed by atoms with Crippen LogP contribution in [-0.2, 0) is 65.4 Å². The zero-order chi connectivity index (χ0) is 81.7. The molecule has 0 rings (SSSR count). The minimum atomic E-state index is -5.02. The van der Waals surface area contributed by atoms with E-state index in [1.165, 1.54) is 38.5 Å². The third-order valence-corrected chi connectivity index (χ3v) is 19.3. The molecular weight excluding hydrogens is 1450 g/mol. The van der Waals surface area contributed by atoms with Gasteiger partial charge in [-0.2, -0.15) is 0 Å². The molecule has 17 nitrogen and oxygen atoms in total. The molecule has 0 bridgehead atoms. The van der Waals surface area contributed by atoms with Gasteiger partial charge in [0.05, 0.1) is 32.8 Å². The first-order valence-electron chi connectivity index (χ1n) is 43.0. The molecule has 0 aliphatic heterocycles. The van der Waals surface area contributed by atoms with Crippen molar-refractivity contribution in [2.75, 3.05) is 39.6 Å². The molecule has 0 aromatic rings. The lowest BCUT2D eigenvalue weighted by Crippen LogP contribution is -2.30. The third-order valence-electron chi connectivity index (χ3n) is 17.4. The number of hydrogen-bond acceptors (Lipinski definition) is 15. The van der Waals surface area contributed by atoms with Gasteiger partial charge < -0.3 is 33.8 Å². The number of hydrogen-bond donors (Lipinski definition) is 3. The predicted molar refractivity (Wildman–Crippen MR) is 463 cm³/mol. The van der Waals surface area contributed by atoms with Crippen LogP contribution in [0.3, 0.4) is 0 Å². The number of phosphoric acid groups is 2. The highest BCUT2D eigenvalue weighted by Gasteiger charge is 2.30. The monoisotopic (exact) mass is 1600 g/mol. The molecule has 0 aromatic heterocycles. The molecule has 5 unspecified atom stereocenters. The standard InChI is InChI=1S/C93H152O17P2/c1-5-9-13-17-21-25-29-33-37-40-43-46-50-53-57-61-65-69-73-77-90(95)103-83-88(109-92(97)79-75-71-67-63-59-55-49-36-32-28-24-20-16-12-8-4)85-107-111(99,100)105-81-87(94)82-106-112(101,102)108-86-89(110-93(98)80-76-72-68-64-60-56-52-48-45-42-39-35-31-27-23-19-15-11-7-3)84-104-91(96)78-74-70-66-62-58-54-51-47-44-41-38-34-30-26-22-18-14-10-6-2/h9,12-13,16,21-28,33-39,43-49,59,63,71,75,87-89,94H,5-8,10-11,14-15,17-20,29-32,40-42,50-58,60-62,64-70,72-74,76-86H2,1-4H3,(H,99,100)(H,101,102)/b13-9-,16-12-,25-21-,26-22-,27-23-,28-24-,37-33-,38-34-,39-35-,46-43-,47-44-,48-45-,49-36-,63-59-,75-71-. The Labute approximate surface area is 679 Å². The fraction of sp³-hybridized carbons (Fsp3) is 0.634. The maximum absolute atomic E-state index is 13.2. The molecule has 0 saturated heterocycles. The van der Waals surface area contributed by atoms with Crippen LogP contribution in [0.25, 0.3) is 0 Å². The Bertz CT molecular complexity index is 2840. The van der Waals surface area contributed by atoms with Gasteiger partial charge in [0.15, 0.2) is 12.2 Å². The van der Waals surface area contributed by atoms with Crippen LogP contribution in [0.15, 0.2) is 182 Å². The van der Waals surface area contributed by atoms with Crippen LogP contribution < -0.4 is 0 Å². The first-order chi connectivity index (χ1) is 54.7. The topological polar surface area (TPSA) is 237 Å². The number of ether oxygens (including phenoxy) is 4. The minimum absolute atomic E-state index is 0.0686. The van der Waals surface area contributed by atoms with E-state index >= 15 is 0 Å². The van der Waals surface area contributed by atoms with Crippen molar-refractivity contribution in [1.29, 1.82) is 0 Å². The molecule has 0 spiro atoms. The molecule has 5 atom stereocenters. The largest absolute Gasteiger partial charge is 0.472 e. The number of allylic oxidation sites excluding steroid dienone is 29. The van der Waals surface area contributed by atoms with Crippen LogP contribution in [0.1, 0.15) is 323 Å². The van der Waals surface area contributed by atoms with E-state index in [0.717, 1.165) is 205 Å². The van der Waals surface area contributed by atoms with Gasteiger partial charge in [-0.05, 0) is 167 Å². The number of aliphatic hydroxyl groups excluding tert-OH is 1. The average Bonchev–Trinajstić information content (AvgIpc) is 0.907. The van der Waals surface area contributed by atoms with Crippen molar-refractivity contribution in [1.82, 2.24) is 0 Å². The summed E-state index contributed by atoms with van der Waals surface area (Å²) in [5, 5.41) is 10.7. The van der Waals surface area contributed by atoms with Gasteiger partial charge in [-0.1, -0.05) is 313 Å². The molecule has 0 aliphatic rings. The Kier molecular flexibility index (Phi) is 78.8. The van der Waals surface area contributed by atoms with Crippen molar-refractivity contribution in [2.45, 2.75) is 341 Å². The lowest BCUT2D eigenvalue weighted by atomic mass is 10.1. The van der Waals surface area contributed by atoms with E-state index in [0.29, 0.717) is 25.7 Å². The maximum atomic E-state index is 13.2. The van der Waals surface area contributed by atoms with Crippen molar-refractivity contribution < 1.29 is 80.2 Å². The average molecular weight is 1600 g/mol. The molecule has 0 heterocycles. The maximum Gasteiger partial charge on any atom is 0.472 e. The summed E-state index contributed by atoms with van der Waals surface area (Å²) in [6, 6.07) is 0. The van der Waals surface area contributed by atoms with Crippen molar-refractivity contribution >= 4 is 39.5 Å². The van der Waals surface area contributed by atoms with Crippen molar-refractivity contribution in [3.8, 4) is 0 Å². The van der Waals surface area contributed by atoms with Crippen molar-refractivity contribution in [3.63, 3.8) is 0 Å². The molecule has 0 amide bonds. The highest BCUT2D eigenvalue weighted by Crippen LogP contribution is 2.45. The summed E-state index contributed by atoms with van der Waals surface area (Å²) in [5.41, 5.74) is 0. The smallest absolute Gasteiger partial charge is 0.462 e. The number of carbonyl (C=O) groups excluding carboxylic acids is 4. The molecule has 0 radical (unpaired) electrons. The van der Waals surface area contributed by atoms with Crippen LogP contribution in [0.4, 0.5) is 0 Å². The zero-order valence-corrected chi connectivity index (χ0v) is 71.6. The number of carbonyl (C=O) groups is 4. The van der Waals surface area contributed by atoms with Crippen molar-refractivity contribution in [2.24, 2.45) is 0 Å². The van der Waals surface area contributed by atoms with E-state index in [9.17, 15) is 43.2 Å². The molecule has 636 valence electrons. The molecule has 0 aromatic carbocycles. The van der Waals surface area contributed by atoms with Gasteiger partial charge >= 0.3 is 39.5 Å². The van der Waals surface area contributed by atoms with E-state index in [-0.39, 0.29) is 25.7 Å². The molecule has 0 fully saturated rings. The second kappa shape index (κ2) is 83.1. The Hall–Kier alpha value is -5.84. The zero-order valence-electron chi connectivity index (χ0n) is 69.8. The molecule has 112 heavy (non-hydrogen) atoms. The van der Waals surface area contributed by atoms with E-state index in [2.05, 4.69) is 186 Å². The summed E-state index contributed by atoms with van der Waals surface area (Å²) in [7, 11) is -10.0. The lowest BCUT2D eigenvalue weighted by molar-refractivity contribution is -0.161. The number of aliphatic hydroxyl groups is 1. The minimum Gasteiger partial charge on any atom is -0.462 e.